The minimum atomic E-state index is 0. The minimum absolute atomic E-state index is 0. The van der Waals surface area contributed by atoms with Gasteiger partial charge in [0.15, 0.2) is 0 Å². The van der Waals surface area contributed by atoms with Crippen LogP contribution in [0.2, 0.25) is 0 Å². The van der Waals surface area contributed by atoms with Crippen LogP contribution < -0.4 is 11.1 Å². The number of nitrogens with zero attached hydrogens (tertiary/aromatic N) is 2. The second-order valence-corrected chi connectivity index (χ2v) is 7.70. The fraction of sp³-hybridized carbons (Fsp3) is 0.348. The molecule has 2 aromatic carbocycles. The number of primary amides is 1. The molecule has 0 bridgehead atoms. The van der Waals surface area contributed by atoms with E-state index in [2.05, 4.69) is 51.3 Å². The van der Waals surface area contributed by atoms with E-state index >= 15 is 0 Å². The third kappa shape index (κ3) is 7.08. The molecule has 7 nitrogen and oxygen atoms in total. The average Bonchev–Trinajstić information content (AvgIpc) is 3.12. The Bertz CT molecular complexity index is 969. The first kappa shape index (κ1) is 24.4. The number of halogens is 1. The summed E-state index contributed by atoms with van der Waals surface area (Å²) < 4.78 is 0. The zero-order valence-electron chi connectivity index (χ0n) is 17.7. The highest BCUT2D eigenvalue weighted by Gasteiger charge is 2.22. The number of benzene rings is 2. The molecule has 4 N–H and O–H groups in total. The lowest BCUT2D eigenvalue weighted by molar-refractivity contribution is -0.117. The molecule has 1 saturated heterocycles. The Morgan fingerprint density at radius 2 is 1.90 bits per heavy atom. The third-order valence-electron chi connectivity index (χ3n) is 5.41. The molecule has 0 saturated carbocycles. The summed E-state index contributed by atoms with van der Waals surface area (Å²) in [6.07, 6.45) is 3.51. The second kappa shape index (κ2) is 12.1. The first-order valence-corrected chi connectivity index (χ1v) is 10.2. The van der Waals surface area contributed by atoms with Gasteiger partial charge in [-0.15, -0.1) is 12.4 Å². The van der Waals surface area contributed by atoms with E-state index in [1.54, 1.807) is 0 Å². The molecule has 1 fully saturated rings. The number of amides is 2. The van der Waals surface area contributed by atoms with Crippen LogP contribution in [0.25, 0.3) is 10.9 Å². The van der Waals surface area contributed by atoms with Crippen LogP contribution in [0.4, 0.5) is 5.69 Å². The number of hydrogen-bond acceptors (Lipinski definition) is 4. The van der Waals surface area contributed by atoms with Gasteiger partial charge in [-0.25, -0.2) is 0 Å². The zero-order chi connectivity index (χ0) is 21.3. The van der Waals surface area contributed by atoms with Crippen molar-refractivity contribution in [3.8, 4) is 0 Å². The van der Waals surface area contributed by atoms with E-state index in [0.29, 0.717) is 12.5 Å². The average molecular weight is 444 g/mol. The van der Waals surface area contributed by atoms with Crippen LogP contribution in [0, 0.1) is 12.8 Å². The summed E-state index contributed by atoms with van der Waals surface area (Å²) in [7, 11) is 0. The molecule has 0 atom stereocenters. The summed E-state index contributed by atoms with van der Waals surface area (Å²) in [5, 5.41) is 11.9. The van der Waals surface area contributed by atoms with Gasteiger partial charge in [-0.2, -0.15) is 5.10 Å². The molecule has 166 valence electrons. The highest BCUT2D eigenvalue weighted by molar-refractivity contribution is 5.92. The molecule has 2 heterocycles. The van der Waals surface area contributed by atoms with E-state index < -0.39 is 0 Å². The van der Waals surface area contributed by atoms with Crippen molar-refractivity contribution in [2.75, 3.05) is 25.0 Å². The number of aryl methyl sites for hydroxylation is 1. The number of nitrogens with one attached hydrogen (secondary N) is 2. The zero-order valence-corrected chi connectivity index (χ0v) is 18.5. The van der Waals surface area contributed by atoms with Crippen molar-refractivity contribution in [3.63, 3.8) is 0 Å². The number of aromatic nitrogens is 2. The summed E-state index contributed by atoms with van der Waals surface area (Å²) in [6.45, 7) is 4.53. The number of carbonyl (C=O) groups excluding carboxylic acids is 2. The lowest BCUT2D eigenvalue weighted by Gasteiger charge is -2.31. The molecule has 1 aliphatic rings. The van der Waals surface area contributed by atoms with Crippen molar-refractivity contribution in [3.05, 3.63) is 59.8 Å². The summed E-state index contributed by atoms with van der Waals surface area (Å²) in [5.41, 5.74) is 8.59. The van der Waals surface area contributed by atoms with Gasteiger partial charge in [0.25, 0.3) is 0 Å². The fourth-order valence-corrected chi connectivity index (χ4v) is 3.90. The molecule has 31 heavy (non-hydrogen) atoms. The van der Waals surface area contributed by atoms with Crippen LogP contribution in [-0.2, 0) is 16.0 Å². The standard InChI is InChI=1S/C22H26N4O.CH3NO.ClH/c1-16-7-8-20-19(13-16)21(25-24-20)14-17-9-11-26(12-10-17)15-22(27)23-18-5-3-2-4-6-18;2-1-3;/h2-8,13,17H,9-12,14-15H2,1H3,(H,23,27)(H,24,25);1H,(H2,2,3);1H. The molecule has 8 heteroatoms. The normalized spacial score (nSPS) is 14.2. The second-order valence-electron chi connectivity index (χ2n) is 7.70. The molecule has 0 aliphatic carbocycles. The number of piperidine rings is 1. The Morgan fingerprint density at radius 1 is 1.23 bits per heavy atom. The predicted molar refractivity (Wildman–Crippen MR) is 126 cm³/mol. The Hall–Kier alpha value is -2.90. The maximum atomic E-state index is 12.2. The topological polar surface area (TPSA) is 104 Å². The lowest BCUT2D eigenvalue weighted by atomic mass is 9.91. The maximum absolute atomic E-state index is 12.2. The van der Waals surface area contributed by atoms with Crippen molar-refractivity contribution < 1.29 is 9.59 Å². The third-order valence-corrected chi connectivity index (χ3v) is 5.41. The number of likely N-dealkylation sites (tertiary alicyclic amines) is 1. The number of aromatic amines is 1. The van der Waals surface area contributed by atoms with Crippen LogP contribution in [0.5, 0.6) is 0 Å². The Morgan fingerprint density at radius 3 is 2.58 bits per heavy atom. The van der Waals surface area contributed by atoms with Crippen LogP contribution >= 0.6 is 12.4 Å². The number of H-pyrrole nitrogens is 1. The van der Waals surface area contributed by atoms with Gasteiger partial charge >= 0.3 is 0 Å². The van der Waals surface area contributed by atoms with Gasteiger partial charge in [-0.1, -0.05) is 29.8 Å². The number of para-hydroxylation sites is 1. The Balaban J connectivity index is 0.000000808. The van der Waals surface area contributed by atoms with Crippen LogP contribution in [-0.4, -0.2) is 47.0 Å². The van der Waals surface area contributed by atoms with Crippen molar-refractivity contribution in [2.24, 2.45) is 11.7 Å². The summed E-state index contributed by atoms with van der Waals surface area (Å²) in [5.74, 6) is 0.706. The number of nitrogens with two attached hydrogens (primary N) is 1. The molecular formula is C23H30ClN5O2. The first-order valence-electron chi connectivity index (χ1n) is 10.2. The van der Waals surface area contributed by atoms with E-state index in [1.807, 2.05) is 30.3 Å². The van der Waals surface area contributed by atoms with Crippen LogP contribution in [0.15, 0.2) is 48.5 Å². The quantitative estimate of drug-likeness (QED) is 0.526. The van der Waals surface area contributed by atoms with Crippen molar-refractivity contribution in [2.45, 2.75) is 26.2 Å². The first-order chi connectivity index (χ1) is 14.6. The van der Waals surface area contributed by atoms with E-state index in [1.165, 1.54) is 16.6 Å². The number of fused-ring (bicyclic) bond motifs is 1. The lowest BCUT2D eigenvalue weighted by Crippen LogP contribution is -2.39. The van der Waals surface area contributed by atoms with Gasteiger partial charge in [-0.05, 0) is 69.5 Å². The number of rotatable bonds is 5. The molecule has 4 rings (SSSR count). The monoisotopic (exact) mass is 443 g/mol. The Kier molecular flexibility index (Phi) is 9.49. The number of anilines is 1. The van der Waals surface area contributed by atoms with Crippen LogP contribution in [0.1, 0.15) is 24.1 Å². The molecule has 1 aliphatic heterocycles. The molecule has 3 aromatic rings. The summed E-state index contributed by atoms with van der Waals surface area (Å²) in [6, 6.07) is 16.1. The molecule has 0 unspecified atom stereocenters. The van der Waals surface area contributed by atoms with Crippen molar-refractivity contribution in [1.29, 1.82) is 0 Å². The highest BCUT2D eigenvalue weighted by atomic mass is 35.5. The van der Waals surface area contributed by atoms with Crippen molar-refractivity contribution in [1.82, 2.24) is 15.1 Å². The van der Waals surface area contributed by atoms with E-state index in [4.69, 9.17) is 4.79 Å². The molecule has 0 radical (unpaired) electrons. The van der Waals surface area contributed by atoms with E-state index in [0.717, 1.165) is 43.6 Å². The largest absolute Gasteiger partial charge is 0.372 e. The van der Waals surface area contributed by atoms with Crippen LogP contribution in [0.3, 0.4) is 0 Å². The van der Waals surface area contributed by atoms with E-state index in [9.17, 15) is 4.79 Å². The smallest absolute Gasteiger partial charge is 0.238 e. The van der Waals surface area contributed by atoms with Gasteiger partial charge < -0.3 is 11.1 Å². The highest BCUT2D eigenvalue weighted by Crippen LogP contribution is 2.25. The molecule has 2 amide bonds. The van der Waals surface area contributed by atoms with E-state index in [-0.39, 0.29) is 24.7 Å². The fourth-order valence-electron chi connectivity index (χ4n) is 3.90. The molecule has 0 spiro atoms. The van der Waals surface area contributed by atoms with Gasteiger partial charge in [0.1, 0.15) is 0 Å². The SMILES string of the molecule is Cc1ccc2n[nH]c(CC3CCN(CC(=O)Nc4ccccc4)CC3)c2c1.Cl.NC=O. The summed E-state index contributed by atoms with van der Waals surface area (Å²) >= 11 is 0. The van der Waals surface area contributed by atoms with Gasteiger partial charge in [0.2, 0.25) is 12.3 Å². The minimum Gasteiger partial charge on any atom is -0.372 e. The van der Waals surface area contributed by atoms with Gasteiger partial charge in [0, 0.05) is 16.8 Å². The maximum Gasteiger partial charge on any atom is 0.238 e. The molecular weight excluding hydrogens is 414 g/mol. The van der Waals surface area contributed by atoms with Gasteiger partial charge in [-0.3, -0.25) is 19.6 Å². The molecule has 1 aromatic heterocycles. The van der Waals surface area contributed by atoms with Crippen molar-refractivity contribution >= 4 is 41.3 Å². The van der Waals surface area contributed by atoms with Gasteiger partial charge in [0.05, 0.1) is 12.1 Å². The number of carbonyl (C=O) groups is 2. The Labute approximate surface area is 188 Å². The predicted octanol–water partition coefficient (Wildman–Crippen LogP) is 3.29. The number of hydrogen-bond donors (Lipinski definition) is 3. The summed E-state index contributed by atoms with van der Waals surface area (Å²) in [4.78, 5) is 23.1.